The molecular weight excluding hydrogens is 408 g/mol. The largest absolute Gasteiger partial charge is 0.493 e. The van der Waals surface area contributed by atoms with Gasteiger partial charge in [-0.2, -0.15) is 0 Å². The average molecular weight is 429 g/mol. The zero-order chi connectivity index (χ0) is 18.8. The number of carbonyl (C=O) groups excluding carboxylic acids is 2. The summed E-state index contributed by atoms with van der Waals surface area (Å²) < 4.78 is 6.63. The van der Waals surface area contributed by atoms with E-state index in [4.69, 9.17) is 4.74 Å². The van der Waals surface area contributed by atoms with Gasteiger partial charge in [0.2, 0.25) is 11.8 Å². The highest BCUT2D eigenvalue weighted by Gasteiger charge is 2.27. The van der Waals surface area contributed by atoms with E-state index in [-0.39, 0.29) is 23.8 Å². The summed E-state index contributed by atoms with van der Waals surface area (Å²) >= 11 is 3.47. The van der Waals surface area contributed by atoms with Crippen LogP contribution in [0.25, 0.3) is 0 Å². The Hall–Kier alpha value is -2.34. The SMILES string of the molecule is O=C(CCC1Cc2ccccc2NC1=O)NC1CCOc2ccc(Br)cc21. The third-order valence-corrected chi connectivity index (χ3v) is 5.67. The van der Waals surface area contributed by atoms with Crippen molar-refractivity contribution in [3.8, 4) is 5.75 Å². The predicted octanol–water partition coefficient (Wildman–Crippen LogP) is 3.98. The molecule has 6 heteroatoms. The van der Waals surface area contributed by atoms with Crippen LogP contribution in [0.5, 0.6) is 5.75 Å². The van der Waals surface area contributed by atoms with Gasteiger partial charge < -0.3 is 15.4 Å². The van der Waals surface area contributed by atoms with Crippen LogP contribution in [0.3, 0.4) is 0 Å². The number of halogens is 1. The Bertz CT molecular complexity index is 883. The number of benzene rings is 2. The minimum Gasteiger partial charge on any atom is -0.493 e. The fourth-order valence-electron chi connectivity index (χ4n) is 3.73. The van der Waals surface area contributed by atoms with Crippen molar-refractivity contribution in [2.45, 2.75) is 31.7 Å². The van der Waals surface area contributed by atoms with E-state index in [0.717, 1.165) is 33.5 Å². The fraction of sp³-hybridized carbons (Fsp3) is 0.333. The molecule has 2 unspecified atom stereocenters. The van der Waals surface area contributed by atoms with Crippen LogP contribution in [0.1, 0.15) is 36.4 Å². The second-order valence-electron chi connectivity index (χ2n) is 7.03. The third kappa shape index (κ3) is 4.00. The second-order valence-corrected chi connectivity index (χ2v) is 7.94. The number of fused-ring (bicyclic) bond motifs is 2. The first kappa shape index (κ1) is 18.0. The molecule has 2 heterocycles. The van der Waals surface area contributed by atoms with E-state index in [1.807, 2.05) is 42.5 Å². The van der Waals surface area contributed by atoms with Gasteiger partial charge in [0.25, 0.3) is 0 Å². The Kier molecular flexibility index (Phi) is 5.16. The first-order valence-electron chi connectivity index (χ1n) is 9.20. The summed E-state index contributed by atoms with van der Waals surface area (Å²) in [7, 11) is 0. The number of ether oxygens (including phenoxy) is 1. The van der Waals surface area contributed by atoms with Crippen molar-refractivity contribution in [2.24, 2.45) is 5.92 Å². The van der Waals surface area contributed by atoms with E-state index in [9.17, 15) is 9.59 Å². The lowest BCUT2D eigenvalue weighted by Gasteiger charge is -2.27. The van der Waals surface area contributed by atoms with Crippen LogP contribution in [0.4, 0.5) is 5.69 Å². The lowest BCUT2D eigenvalue weighted by molar-refractivity contribution is -0.123. The predicted molar refractivity (Wildman–Crippen MR) is 107 cm³/mol. The number of nitrogens with one attached hydrogen (secondary N) is 2. The maximum Gasteiger partial charge on any atom is 0.227 e. The maximum atomic E-state index is 12.5. The smallest absolute Gasteiger partial charge is 0.227 e. The monoisotopic (exact) mass is 428 g/mol. The molecule has 4 rings (SSSR count). The molecule has 2 aliphatic heterocycles. The van der Waals surface area contributed by atoms with Gasteiger partial charge in [-0.25, -0.2) is 0 Å². The Balaban J connectivity index is 1.36. The molecule has 0 saturated heterocycles. The summed E-state index contributed by atoms with van der Waals surface area (Å²) in [6, 6.07) is 13.6. The van der Waals surface area contributed by atoms with Crippen LogP contribution in [-0.4, -0.2) is 18.4 Å². The molecule has 140 valence electrons. The van der Waals surface area contributed by atoms with E-state index >= 15 is 0 Å². The summed E-state index contributed by atoms with van der Waals surface area (Å²) in [5.41, 5.74) is 3.01. The van der Waals surface area contributed by atoms with Crippen LogP contribution in [0, 0.1) is 5.92 Å². The van der Waals surface area contributed by atoms with Crippen LogP contribution >= 0.6 is 15.9 Å². The van der Waals surface area contributed by atoms with Gasteiger partial charge in [0.05, 0.1) is 12.6 Å². The van der Waals surface area contributed by atoms with Crippen molar-refractivity contribution in [1.82, 2.24) is 5.32 Å². The first-order chi connectivity index (χ1) is 13.1. The minimum absolute atomic E-state index is 0.00171. The topological polar surface area (TPSA) is 67.4 Å². The van der Waals surface area contributed by atoms with E-state index in [1.165, 1.54) is 0 Å². The van der Waals surface area contributed by atoms with Crippen molar-refractivity contribution >= 4 is 33.4 Å². The molecule has 2 aromatic rings. The lowest BCUT2D eigenvalue weighted by atomic mass is 9.89. The molecule has 2 amide bonds. The van der Waals surface area contributed by atoms with Crippen LogP contribution < -0.4 is 15.4 Å². The van der Waals surface area contributed by atoms with Crippen molar-refractivity contribution in [3.05, 3.63) is 58.1 Å². The zero-order valence-corrected chi connectivity index (χ0v) is 16.4. The number of hydrogen-bond donors (Lipinski definition) is 2. The van der Waals surface area contributed by atoms with E-state index in [0.29, 0.717) is 25.9 Å². The molecule has 2 aromatic carbocycles. The maximum absolute atomic E-state index is 12.5. The number of para-hydroxylation sites is 1. The van der Waals surface area contributed by atoms with Gasteiger partial charge in [0, 0.05) is 34.5 Å². The molecule has 0 aliphatic carbocycles. The second kappa shape index (κ2) is 7.72. The highest BCUT2D eigenvalue weighted by atomic mass is 79.9. The Morgan fingerprint density at radius 1 is 1.26 bits per heavy atom. The van der Waals surface area contributed by atoms with Crippen LogP contribution in [0.15, 0.2) is 46.9 Å². The zero-order valence-electron chi connectivity index (χ0n) is 14.8. The van der Waals surface area contributed by atoms with Gasteiger partial charge in [0.1, 0.15) is 5.75 Å². The fourth-order valence-corrected chi connectivity index (χ4v) is 4.11. The number of anilines is 1. The molecule has 2 aliphatic rings. The van der Waals surface area contributed by atoms with Gasteiger partial charge in [-0.3, -0.25) is 9.59 Å². The van der Waals surface area contributed by atoms with Crippen molar-refractivity contribution in [1.29, 1.82) is 0 Å². The Labute approximate surface area is 166 Å². The highest BCUT2D eigenvalue weighted by molar-refractivity contribution is 9.10. The standard InChI is InChI=1S/C21H21BrN2O3/c22-15-6-7-19-16(12-15)18(9-10-27-19)23-20(25)8-5-14-11-13-3-1-2-4-17(13)24-21(14)26/h1-4,6-7,12,14,18H,5,8-11H2,(H,23,25)(H,24,26). The van der Waals surface area contributed by atoms with Crippen LogP contribution in [-0.2, 0) is 16.0 Å². The molecule has 5 nitrogen and oxygen atoms in total. The molecular formula is C21H21BrN2O3. The van der Waals surface area contributed by atoms with Gasteiger partial charge in [0.15, 0.2) is 0 Å². The van der Waals surface area contributed by atoms with Crippen LogP contribution in [0.2, 0.25) is 0 Å². The summed E-state index contributed by atoms with van der Waals surface area (Å²) in [6.07, 6.45) is 2.30. The lowest BCUT2D eigenvalue weighted by Crippen LogP contribution is -2.34. The Morgan fingerprint density at radius 2 is 2.11 bits per heavy atom. The number of hydrogen-bond acceptors (Lipinski definition) is 3. The number of rotatable bonds is 4. The van der Waals surface area contributed by atoms with Gasteiger partial charge >= 0.3 is 0 Å². The van der Waals surface area contributed by atoms with Gasteiger partial charge in [-0.1, -0.05) is 34.1 Å². The Morgan fingerprint density at radius 3 is 3.00 bits per heavy atom. The van der Waals surface area contributed by atoms with Crippen molar-refractivity contribution in [2.75, 3.05) is 11.9 Å². The quantitative estimate of drug-likeness (QED) is 0.773. The molecule has 2 N–H and O–H groups in total. The van der Waals surface area contributed by atoms with E-state index in [2.05, 4.69) is 26.6 Å². The summed E-state index contributed by atoms with van der Waals surface area (Å²) in [4.78, 5) is 24.8. The van der Waals surface area contributed by atoms with E-state index < -0.39 is 0 Å². The number of amides is 2. The normalized spacial score (nSPS) is 20.7. The molecule has 27 heavy (non-hydrogen) atoms. The molecule has 0 fully saturated rings. The average Bonchev–Trinajstić information content (AvgIpc) is 2.67. The molecule has 0 radical (unpaired) electrons. The van der Waals surface area contributed by atoms with Gasteiger partial charge in [-0.15, -0.1) is 0 Å². The third-order valence-electron chi connectivity index (χ3n) is 5.18. The molecule has 0 bridgehead atoms. The summed E-state index contributed by atoms with van der Waals surface area (Å²) in [5, 5.41) is 6.05. The van der Waals surface area contributed by atoms with Crippen molar-refractivity contribution in [3.63, 3.8) is 0 Å². The molecule has 0 spiro atoms. The molecule has 2 atom stereocenters. The number of carbonyl (C=O) groups is 2. The minimum atomic E-state index is -0.165. The summed E-state index contributed by atoms with van der Waals surface area (Å²) in [5.74, 6) is 0.626. The summed E-state index contributed by atoms with van der Waals surface area (Å²) in [6.45, 7) is 0.585. The van der Waals surface area contributed by atoms with Gasteiger partial charge in [-0.05, 0) is 42.7 Å². The van der Waals surface area contributed by atoms with E-state index in [1.54, 1.807) is 0 Å². The van der Waals surface area contributed by atoms with Crippen molar-refractivity contribution < 1.29 is 14.3 Å². The molecule has 0 saturated carbocycles. The highest BCUT2D eigenvalue weighted by Crippen LogP contribution is 2.34. The first-order valence-corrected chi connectivity index (χ1v) is 10.00. The molecule has 0 aromatic heterocycles.